The normalized spacial score (nSPS) is 10.7. The Balaban J connectivity index is 1.77. The lowest BCUT2D eigenvalue weighted by Gasteiger charge is -2.13. The van der Waals surface area contributed by atoms with E-state index in [0.717, 1.165) is 36.0 Å². The van der Waals surface area contributed by atoms with Crippen LogP contribution in [0.3, 0.4) is 0 Å². The molecule has 2 aromatic rings. The molecule has 136 valence electrons. The van der Waals surface area contributed by atoms with Crippen LogP contribution in [0.4, 0.5) is 0 Å². The van der Waals surface area contributed by atoms with Gasteiger partial charge in [-0.3, -0.25) is 0 Å². The molecule has 0 fully saturated rings. The van der Waals surface area contributed by atoms with Crippen LogP contribution in [-0.4, -0.2) is 46.2 Å². The Kier molecular flexibility index (Phi) is 8.03. The van der Waals surface area contributed by atoms with Gasteiger partial charge in [-0.25, -0.2) is 4.68 Å². The topological polar surface area (TPSA) is 78.7 Å². The molecule has 0 saturated heterocycles. The van der Waals surface area contributed by atoms with Crippen molar-refractivity contribution in [1.29, 1.82) is 0 Å². The largest absolute Gasteiger partial charge is 0.493 e. The number of halogens is 1. The van der Waals surface area contributed by atoms with Gasteiger partial charge < -0.3 is 14.8 Å². The van der Waals surface area contributed by atoms with Gasteiger partial charge in [0.25, 0.3) is 0 Å². The maximum absolute atomic E-state index is 6.31. The molecule has 0 radical (unpaired) electrons. The van der Waals surface area contributed by atoms with Gasteiger partial charge >= 0.3 is 0 Å². The van der Waals surface area contributed by atoms with Gasteiger partial charge in [0.05, 0.1) is 18.7 Å². The molecule has 0 atom stereocenters. The molecule has 0 spiro atoms. The predicted octanol–water partition coefficient (Wildman–Crippen LogP) is 1.68. The first-order valence-corrected chi connectivity index (χ1v) is 9.29. The van der Waals surface area contributed by atoms with Crippen molar-refractivity contribution in [1.82, 2.24) is 20.2 Å². The van der Waals surface area contributed by atoms with E-state index in [1.165, 1.54) is 0 Å². The van der Waals surface area contributed by atoms with Crippen molar-refractivity contribution in [2.75, 3.05) is 26.0 Å². The number of hydrogen-bond donors (Lipinski definition) is 1. The highest BCUT2D eigenvalue weighted by molar-refractivity contribution is 7.99. The molecular formula is C16H23ClN5O2S+. The molecule has 1 heterocycles. The number of nitrogens with zero attached hydrogens (tertiary/aromatic N) is 4. The van der Waals surface area contributed by atoms with Gasteiger partial charge in [0, 0.05) is 24.8 Å². The molecule has 0 aliphatic heterocycles. The van der Waals surface area contributed by atoms with Gasteiger partial charge in [-0.1, -0.05) is 36.0 Å². The summed E-state index contributed by atoms with van der Waals surface area (Å²) >= 11 is 7.96. The first-order valence-electron chi connectivity index (χ1n) is 7.92. The van der Waals surface area contributed by atoms with E-state index in [-0.39, 0.29) is 0 Å². The summed E-state index contributed by atoms with van der Waals surface area (Å²) in [5, 5.41) is 15.0. The third-order valence-electron chi connectivity index (χ3n) is 3.38. The van der Waals surface area contributed by atoms with Crippen molar-refractivity contribution in [3.63, 3.8) is 0 Å². The summed E-state index contributed by atoms with van der Waals surface area (Å²) in [6.45, 7) is 5.86. The van der Waals surface area contributed by atoms with E-state index >= 15 is 0 Å². The lowest BCUT2D eigenvalue weighted by molar-refractivity contribution is -0.670. The summed E-state index contributed by atoms with van der Waals surface area (Å²) in [6, 6.07) is 3.87. The fourth-order valence-corrected chi connectivity index (χ4v) is 3.28. The Morgan fingerprint density at radius 3 is 2.96 bits per heavy atom. The second kappa shape index (κ2) is 10.3. The molecule has 7 nitrogen and oxygen atoms in total. The van der Waals surface area contributed by atoms with E-state index in [9.17, 15) is 0 Å². The molecule has 9 heteroatoms. The monoisotopic (exact) mass is 384 g/mol. The Morgan fingerprint density at radius 1 is 1.44 bits per heavy atom. The number of rotatable bonds is 11. The smallest absolute Gasteiger partial charge is 0.209 e. The van der Waals surface area contributed by atoms with Crippen LogP contribution in [0.15, 0.2) is 29.9 Å². The van der Waals surface area contributed by atoms with Crippen LogP contribution in [0, 0.1) is 0 Å². The molecule has 0 saturated carbocycles. The highest BCUT2D eigenvalue weighted by Gasteiger charge is 2.12. The van der Waals surface area contributed by atoms with Crippen LogP contribution in [0.25, 0.3) is 0 Å². The summed E-state index contributed by atoms with van der Waals surface area (Å²) in [4.78, 5) is 0. The van der Waals surface area contributed by atoms with Gasteiger partial charge in [0.15, 0.2) is 11.5 Å². The van der Waals surface area contributed by atoms with Crippen molar-refractivity contribution in [3.8, 4) is 11.5 Å². The number of methoxy groups -OCH3 is 1. The number of nitrogens with two attached hydrogens (primary N) is 1. The number of tetrazole rings is 1. The lowest BCUT2D eigenvalue weighted by atomic mass is 10.2. The average molecular weight is 385 g/mol. The minimum Gasteiger partial charge on any atom is -0.493 e. The van der Waals surface area contributed by atoms with Crippen molar-refractivity contribution >= 4 is 23.4 Å². The van der Waals surface area contributed by atoms with Gasteiger partial charge in [-0.15, -0.1) is 5.10 Å². The molecule has 0 aliphatic rings. The van der Waals surface area contributed by atoms with Crippen LogP contribution < -0.4 is 14.8 Å². The van der Waals surface area contributed by atoms with E-state index in [1.54, 1.807) is 29.6 Å². The zero-order valence-corrected chi connectivity index (χ0v) is 16.0. The van der Waals surface area contributed by atoms with Gasteiger partial charge in [-0.2, -0.15) is 0 Å². The average Bonchev–Trinajstić information content (AvgIpc) is 3.01. The van der Waals surface area contributed by atoms with Crippen LogP contribution >= 0.6 is 23.4 Å². The Labute approximate surface area is 156 Å². The highest BCUT2D eigenvalue weighted by atomic mass is 35.5. The van der Waals surface area contributed by atoms with Gasteiger partial charge in [0.2, 0.25) is 5.16 Å². The number of aromatic nitrogens is 4. The second-order valence-corrected chi connectivity index (χ2v) is 6.75. The Hall–Kier alpha value is -1.77. The molecule has 1 aromatic carbocycles. The highest BCUT2D eigenvalue weighted by Crippen LogP contribution is 2.36. The maximum Gasteiger partial charge on any atom is 0.209 e. The molecule has 1 aromatic heterocycles. The van der Waals surface area contributed by atoms with E-state index < -0.39 is 0 Å². The number of quaternary nitrogens is 1. The summed E-state index contributed by atoms with van der Waals surface area (Å²) < 4.78 is 12.6. The Bertz CT molecular complexity index is 695. The summed E-state index contributed by atoms with van der Waals surface area (Å²) in [5.74, 6) is 2.17. The minimum absolute atomic E-state index is 0.389. The predicted molar refractivity (Wildman–Crippen MR) is 98.3 cm³/mol. The summed E-state index contributed by atoms with van der Waals surface area (Å²) in [5.41, 5.74) is 1.10. The van der Waals surface area contributed by atoms with E-state index in [4.69, 9.17) is 21.1 Å². The van der Waals surface area contributed by atoms with Gasteiger partial charge in [0.1, 0.15) is 13.2 Å². The number of benzene rings is 1. The SMILES string of the molecule is C=CCOc1c(Cl)cc(C[NH2+]CCCSc2nnnn2C)cc1OC. The second-order valence-electron chi connectivity index (χ2n) is 5.28. The molecule has 0 amide bonds. The fraction of sp³-hybridized carbons (Fsp3) is 0.438. The van der Waals surface area contributed by atoms with Crippen LogP contribution in [0.5, 0.6) is 11.5 Å². The third-order valence-corrected chi connectivity index (χ3v) is 4.76. The third kappa shape index (κ3) is 5.91. The van der Waals surface area contributed by atoms with Gasteiger partial charge in [-0.05, 0) is 22.6 Å². The van der Waals surface area contributed by atoms with Crippen LogP contribution in [0.2, 0.25) is 5.02 Å². The summed E-state index contributed by atoms with van der Waals surface area (Å²) in [7, 11) is 3.45. The lowest BCUT2D eigenvalue weighted by Crippen LogP contribution is -2.82. The van der Waals surface area contributed by atoms with Crippen molar-refractivity contribution < 1.29 is 14.8 Å². The number of thioether (sulfide) groups is 1. The van der Waals surface area contributed by atoms with Crippen LogP contribution in [0.1, 0.15) is 12.0 Å². The first kappa shape index (κ1) is 19.6. The zero-order chi connectivity index (χ0) is 18.1. The van der Waals surface area contributed by atoms with Crippen molar-refractivity contribution in [2.24, 2.45) is 7.05 Å². The van der Waals surface area contributed by atoms with E-state index in [0.29, 0.717) is 23.1 Å². The van der Waals surface area contributed by atoms with E-state index in [1.807, 2.05) is 19.2 Å². The molecular weight excluding hydrogens is 362 g/mol. The quantitative estimate of drug-likeness (QED) is 0.361. The zero-order valence-electron chi connectivity index (χ0n) is 14.4. The Morgan fingerprint density at radius 2 is 2.28 bits per heavy atom. The number of hydrogen-bond acceptors (Lipinski definition) is 6. The standard InChI is InChI=1S/C16H22ClN5O2S/c1-4-7-24-15-13(17)9-12(10-14(15)23-3)11-18-6-5-8-25-16-19-20-21-22(16)2/h4,9-10,18H,1,5-8,11H2,2-3H3/p+1. The molecule has 2 rings (SSSR count). The van der Waals surface area contributed by atoms with E-state index in [2.05, 4.69) is 27.4 Å². The van der Waals surface area contributed by atoms with Crippen LogP contribution in [-0.2, 0) is 13.6 Å². The molecule has 0 unspecified atom stereocenters. The minimum atomic E-state index is 0.389. The summed E-state index contributed by atoms with van der Waals surface area (Å²) in [6.07, 6.45) is 2.73. The number of ether oxygens (including phenoxy) is 2. The van der Waals surface area contributed by atoms with Crippen molar-refractivity contribution in [3.05, 3.63) is 35.4 Å². The molecule has 0 bridgehead atoms. The molecule has 25 heavy (non-hydrogen) atoms. The maximum atomic E-state index is 6.31. The molecule has 2 N–H and O–H groups in total. The number of aryl methyl sites for hydroxylation is 1. The fourth-order valence-electron chi connectivity index (χ4n) is 2.18. The van der Waals surface area contributed by atoms with Crippen molar-refractivity contribution in [2.45, 2.75) is 18.1 Å². The first-order chi connectivity index (χ1) is 12.2. The molecule has 0 aliphatic carbocycles.